The molecule has 0 bridgehead atoms. The van der Waals surface area contributed by atoms with Crippen LogP contribution >= 0.6 is 0 Å². The van der Waals surface area contributed by atoms with Gasteiger partial charge in [0.05, 0.1) is 18.6 Å². The highest BCUT2D eigenvalue weighted by Gasteiger charge is 2.27. The van der Waals surface area contributed by atoms with Gasteiger partial charge in [0.25, 0.3) is 0 Å². The maximum Gasteiger partial charge on any atom is 0.407 e. The van der Waals surface area contributed by atoms with Gasteiger partial charge in [0.1, 0.15) is 6.10 Å². The topological polar surface area (TPSA) is 80.1 Å². The summed E-state index contributed by atoms with van der Waals surface area (Å²) >= 11 is 0. The molecule has 5 rings (SSSR count). The van der Waals surface area contributed by atoms with Crippen LogP contribution in [0.1, 0.15) is 44.9 Å². The molecular weight excluding hydrogens is 458 g/mol. The van der Waals surface area contributed by atoms with Gasteiger partial charge >= 0.3 is 6.09 Å². The Bertz CT molecular complexity index is 997. The fourth-order valence-corrected chi connectivity index (χ4v) is 5.44. The molecule has 8 nitrogen and oxygen atoms in total. The molecule has 0 atom stereocenters. The van der Waals surface area contributed by atoms with E-state index in [2.05, 4.69) is 20.3 Å². The molecule has 0 unspecified atom stereocenters. The molecule has 2 aliphatic heterocycles. The van der Waals surface area contributed by atoms with Crippen molar-refractivity contribution in [2.45, 2.75) is 57.1 Å². The zero-order valence-corrected chi connectivity index (χ0v) is 20.0. The Morgan fingerprint density at radius 3 is 2.49 bits per heavy atom. The number of nitrogens with one attached hydrogen (secondary N) is 1. The second-order valence-corrected chi connectivity index (χ2v) is 9.97. The molecule has 2 saturated heterocycles. The number of hydrogen-bond acceptors (Lipinski definition) is 7. The molecule has 2 aromatic rings. The van der Waals surface area contributed by atoms with Crippen LogP contribution in [-0.2, 0) is 9.47 Å². The number of rotatable bonds is 6. The minimum atomic E-state index is -0.926. The molecule has 35 heavy (non-hydrogen) atoms. The van der Waals surface area contributed by atoms with E-state index in [4.69, 9.17) is 14.0 Å². The van der Waals surface area contributed by atoms with Crippen LogP contribution in [0.2, 0.25) is 0 Å². The van der Waals surface area contributed by atoms with Crippen LogP contribution in [0.25, 0.3) is 11.0 Å². The van der Waals surface area contributed by atoms with E-state index >= 15 is 0 Å². The molecular formula is C25H34F2N4O4. The highest BCUT2D eigenvalue weighted by Crippen LogP contribution is 2.30. The SMILES string of the molecule is O=C(N[C@H]1CC[C@H](CCN2CCN(c3noc4cc(F)c(F)cc34)CC2)CC1)OC1CCOCC1. The Kier molecular flexibility index (Phi) is 7.67. The van der Waals surface area contributed by atoms with Crippen LogP contribution in [0.4, 0.5) is 19.4 Å². The highest BCUT2D eigenvalue weighted by molar-refractivity contribution is 5.88. The van der Waals surface area contributed by atoms with E-state index in [0.29, 0.717) is 30.3 Å². The van der Waals surface area contributed by atoms with Gasteiger partial charge in [-0.15, -0.1) is 0 Å². The first-order chi connectivity index (χ1) is 17.0. The van der Waals surface area contributed by atoms with Crippen molar-refractivity contribution in [1.82, 2.24) is 15.4 Å². The number of hydrogen-bond donors (Lipinski definition) is 1. The number of anilines is 1. The fraction of sp³-hybridized carbons (Fsp3) is 0.680. The van der Waals surface area contributed by atoms with Crippen molar-refractivity contribution in [1.29, 1.82) is 0 Å². The van der Waals surface area contributed by atoms with Gasteiger partial charge in [0, 0.05) is 51.1 Å². The monoisotopic (exact) mass is 492 g/mol. The summed E-state index contributed by atoms with van der Waals surface area (Å²) in [6.07, 6.45) is 6.64. The number of halogens is 2. The molecule has 0 spiro atoms. The molecule has 1 aromatic heterocycles. The maximum absolute atomic E-state index is 13.7. The van der Waals surface area contributed by atoms with Gasteiger partial charge in [0.15, 0.2) is 23.0 Å². The summed E-state index contributed by atoms with van der Waals surface area (Å²) in [5.41, 5.74) is 0.267. The lowest BCUT2D eigenvalue weighted by Gasteiger charge is -2.36. The van der Waals surface area contributed by atoms with Crippen molar-refractivity contribution in [3.05, 3.63) is 23.8 Å². The number of nitrogens with zero attached hydrogens (tertiary/aromatic N) is 3. The van der Waals surface area contributed by atoms with Gasteiger partial charge in [-0.1, -0.05) is 5.16 Å². The summed E-state index contributed by atoms with van der Waals surface area (Å²) < 4.78 is 43.2. The number of piperazine rings is 1. The number of benzene rings is 1. The van der Waals surface area contributed by atoms with E-state index in [1.807, 2.05) is 0 Å². The summed E-state index contributed by atoms with van der Waals surface area (Å²) in [4.78, 5) is 16.7. The largest absolute Gasteiger partial charge is 0.446 e. The lowest BCUT2D eigenvalue weighted by Crippen LogP contribution is -2.47. The van der Waals surface area contributed by atoms with Crippen LogP contribution < -0.4 is 10.2 Å². The van der Waals surface area contributed by atoms with Crippen LogP contribution in [0.15, 0.2) is 16.7 Å². The van der Waals surface area contributed by atoms with Crippen molar-refractivity contribution in [3.63, 3.8) is 0 Å². The predicted octanol–water partition coefficient (Wildman–Crippen LogP) is 4.08. The Morgan fingerprint density at radius 1 is 1.03 bits per heavy atom. The third-order valence-corrected chi connectivity index (χ3v) is 7.63. The Balaban J connectivity index is 1.00. The molecule has 3 heterocycles. The molecule has 1 amide bonds. The maximum atomic E-state index is 13.7. The van der Waals surface area contributed by atoms with Gasteiger partial charge in [-0.3, -0.25) is 4.90 Å². The van der Waals surface area contributed by atoms with Crippen molar-refractivity contribution in [3.8, 4) is 0 Å². The fourth-order valence-electron chi connectivity index (χ4n) is 5.44. The minimum Gasteiger partial charge on any atom is -0.446 e. The van der Waals surface area contributed by atoms with Crippen molar-refractivity contribution in [2.75, 3.05) is 50.8 Å². The average molecular weight is 493 g/mol. The van der Waals surface area contributed by atoms with Crippen molar-refractivity contribution >= 4 is 22.9 Å². The second-order valence-electron chi connectivity index (χ2n) is 9.97. The van der Waals surface area contributed by atoms with E-state index in [0.717, 1.165) is 83.7 Å². The highest BCUT2D eigenvalue weighted by atomic mass is 19.2. The smallest absolute Gasteiger partial charge is 0.407 e. The van der Waals surface area contributed by atoms with E-state index in [1.54, 1.807) is 0 Å². The summed E-state index contributed by atoms with van der Waals surface area (Å²) in [6, 6.07) is 2.42. The van der Waals surface area contributed by atoms with Crippen molar-refractivity contribution in [2.24, 2.45) is 5.92 Å². The molecule has 3 aliphatic rings. The van der Waals surface area contributed by atoms with Crippen LogP contribution in [0.5, 0.6) is 0 Å². The van der Waals surface area contributed by atoms with Gasteiger partial charge in [0.2, 0.25) is 0 Å². The first-order valence-electron chi connectivity index (χ1n) is 12.8. The minimum absolute atomic E-state index is 0.0206. The van der Waals surface area contributed by atoms with Crippen LogP contribution in [-0.4, -0.2) is 74.2 Å². The summed E-state index contributed by atoms with van der Waals surface area (Å²) in [7, 11) is 0. The molecule has 10 heteroatoms. The molecule has 1 aliphatic carbocycles. The molecule has 0 radical (unpaired) electrons. The Hall–Kier alpha value is -2.46. The molecule has 3 fully saturated rings. The zero-order valence-electron chi connectivity index (χ0n) is 20.0. The molecule has 1 N–H and O–H groups in total. The van der Waals surface area contributed by atoms with E-state index in [1.165, 1.54) is 6.07 Å². The van der Waals surface area contributed by atoms with E-state index in [9.17, 15) is 13.6 Å². The lowest BCUT2D eigenvalue weighted by atomic mass is 9.84. The van der Waals surface area contributed by atoms with Gasteiger partial charge in [-0.25, -0.2) is 13.6 Å². The summed E-state index contributed by atoms with van der Waals surface area (Å²) in [5.74, 6) is -0.554. The molecule has 192 valence electrons. The number of fused-ring (bicyclic) bond motifs is 1. The number of carbonyl (C=O) groups excluding carboxylic acids is 1. The normalized spacial score (nSPS) is 24.6. The standard InChI is InChI=1S/C25H34F2N4O4/c26-21-15-20-23(16-22(21)27)35-29-24(20)31-11-9-30(10-12-31)8-5-17-1-3-18(4-2-17)28-25(32)34-19-6-13-33-14-7-19/h15-19H,1-14H2,(H,28,32)/t17-,18-. The van der Waals surface area contributed by atoms with E-state index < -0.39 is 11.6 Å². The first-order valence-corrected chi connectivity index (χ1v) is 12.8. The first kappa shape index (κ1) is 24.2. The third kappa shape index (κ3) is 6.03. The van der Waals surface area contributed by atoms with Gasteiger partial charge in [-0.05, 0) is 50.6 Å². The molecule has 1 saturated carbocycles. The second kappa shape index (κ2) is 11.1. The number of alkyl carbamates (subject to hydrolysis) is 1. The van der Waals surface area contributed by atoms with Crippen molar-refractivity contribution < 1.29 is 27.6 Å². The number of carbonyl (C=O) groups is 1. The number of aromatic nitrogens is 1. The Morgan fingerprint density at radius 2 is 1.74 bits per heavy atom. The van der Waals surface area contributed by atoms with Crippen LogP contribution in [0, 0.1) is 17.6 Å². The summed E-state index contributed by atoms with van der Waals surface area (Å²) in [5, 5.41) is 7.63. The predicted molar refractivity (Wildman–Crippen MR) is 126 cm³/mol. The molecule has 1 aromatic carbocycles. The van der Waals surface area contributed by atoms with E-state index in [-0.39, 0.29) is 23.8 Å². The number of ether oxygens (including phenoxy) is 2. The lowest BCUT2D eigenvalue weighted by molar-refractivity contribution is 0.000273. The zero-order chi connectivity index (χ0) is 24.2. The Labute approximate surface area is 203 Å². The third-order valence-electron chi connectivity index (χ3n) is 7.63. The average Bonchev–Trinajstić information content (AvgIpc) is 3.27. The van der Waals surface area contributed by atoms with Gasteiger partial charge in [-0.2, -0.15) is 0 Å². The van der Waals surface area contributed by atoms with Gasteiger partial charge < -0.3 is 24.2 Å². The van der Waals surface area contributed by atoms with Crippen LogP contribution in [0.3, 0.4) is 0 Å². The summed E-state index contributed by atoms with van der Waals surface area (Å²) in [6.45, 7) is 5.70. The number of amides is 1. The quantitative estimate of drug-likeness (QED) is 0.651.